The maximum atomic E-state index is 12.1. The summed E-state index contributed by atoms with van der Waals surface area (Å²) < 4.78 is 5.12. The Morgan fingerprint density at radius 1 is 1.23 bits per heavy atom. The molecule has 1 aromatic carbocycles. The van der Waals surface area contributed by atoms with Gasteiger partial charge in [-0.1, -0.05) is 32.9 Å². The number of carbonyl (C=O) groups is 2. The fourth-order valence-electron chi connectivity index (χ4n) is 2.34. The van der Waals surface area contributed by atoms with Crippen molar-refractivity contribution >= 4 is 11.9 Å². The van der Waals surface area contributed by atoms with E-state index in [-0.39, 0.29) is 24.2 Å². The standard InChI is InChI=1S/C17H25NO4/c1-5-12(13-6-8-14(22-4)9-7-13)10-15(19)18-16(11(2)3)17(20)21/h6-9,11-12,16H,5,10H2,1-4H3,(H,18,19)(H,20,21). The van der Waals surface area contributed by atoms with E-state index in [1.54, 1.807) is 21.0 Å². The fourth-order valence-corrected chi connectivity index (χ4v) is 2.34. The number of carboxylic acid groups (broad SMARTS) is 1. The minimum atomic E-state index is -0.999. The lowest BCUT2D eigenvalue weighted by Crippen LogP contribution is -2.44. The second kappa shape index (κ2) is 8.41. The van der Waals surface area contributed by atoms with Crippen LogP contribution in [0.15, 0.2) is 24.3 Å². The number of benzene rings is 1. The van der Waals surface area contributed by atoms with E-state index in [1.165, 1.54) is 0 Å². The number of aliphatic carboxylic acids is 1. The lowest BCUT2D eigenvalue weighted by atomic mass is 9.92. The first kappa shape index (κ1) is 18.0. The van der Waals surface area contributed by atoms with Crippen LogP contribution in [0.1, 0.15) is 45.1 Å². The number of amides is 1. The van der Waals surface area contributed by atoms with Crippen LogP contribution >= 0.6 is 0 Å². The summed E-state index contributed by atoms with van der Waals surface area (Å²) in [4.78, 5) is 23.3. The highest BCUT2D eigenvalue weighted by molar-refractivity contribution is 5.84. The number of methoxy groups -OCH3 is 1. The molecular formula is C17H25NO4. The summed E-state index contributed by atoms with van der Waals surface area (Å²) in [6, 6.07) is 6.77. The predicted molar refractivity (Wildman–Crippen MR) is 85.0 cm³/mol. The van der Waals surface area contributed by atoms with Crippen molar-refractivity contribution < 1.29 is 19.4 Å². The Morgan fingerprint density at radius 3 is 2.23 bits per heavy atom. The summed E-state index contributed by atoms with van der Waals surface area (Å²) in [5.41, 5.74) is 1.05. The summed E-state index contributed by atoms with van der Waals surface area (Å²) in [7, 11) is 1.61. The predicted octanol–water partition coefficient (Wildman–Crippen LogP) is 2.80. The molecular weight excluding hydrogens is 282 g/mol. The molecule has 2 atom stereocenters. The Balaban J connectivity index is 2.72. The Bertz CT molecular complexity index is 496. The first-order chi connectivity index (χ1) is 10.4. The smallest absolute Gasteiger partial charge is 0.326 e. The van der Waals surface area contributed by atoms with Crippen LogP contribution in [0.3, 0.4) is 0 Å². The van der Waals surface area contributed by atoms with E-state index >= 15 is 0 Å². The van der Waals surface area contributed by atoms with Crippen LogP contribution in [-0.4, -0.2) is 30.1 Å². The first-order valence-electron chi connectivity index (χ1n) is 7.55. The van der Waals surface area contributed by atoms with Crippen molar-refractivity contribution in [2.24, 2.45) is 5.92 Å². The van der Waals surface area contributed by atoms with Gasteiger partial charge < -0.3 is 15.2 Å². The van der Waals surface area contributed by atoms with Crippen LogP contribution in [-0.2, 0) is 9.59 Å². The van der Waals surface area contributed by atoms with Crippen molar-refractivity contribution in [3.8, 4) is 5.75 Å². The van der Waals surface area contributed by atoms with Crippen molar-refractivity contribution in [3.05, 3.63) is 29.8 Å². The molecule has 0 aliphatic carbocycles. The summed E-state index contributed by atoms with van der Waals surface area (Å²) in [6.45, 7) is 5.57. The van der Waals surface area contributed by atoms with E-state index in [0.717, 1.165) is 17.7 Å². The van der Waals surface area contributed by atoms with Crippen LogP contribution in [0.2, 0.25) is 0 Å². The molecule has 2 N–H and O–H groups in total. The molecule has 1 rings (SSSR count). The summed E-state index contributed by atoms with van der Waals surface area (Å²) in [5, 5.41) is 11.7. The molecule has 0 fully saturated rings. The second-order valence-corrected chi connectivity index (χ2v) is 5.71. The van der Waals surface area contributed by atoms with Crippen molar-refractivity contribution in [1.29, 1.82) is 0 Å². The molecule has 0 aliphatic rings. The maximum absolute atomic E-state index is 12.1. The lowest BCUT2D eigenvalue weighted by Gasteiger charge is -2.20. The van der Waals surface area contributed by atoms with Gasteiger partial charge in [-0.2, -0.15) is 0 Å². The van der Waals surface area contributed by atoms with Gasteiger partial charge in [0.15, 0.2) is 0 Å². The van der Waals surface area contributed by atoms with Crippen LogP contribution in [0.25, 0.3) is 0 Å². The van der Waals surface area contributed by atoms with E-state index in [9.17, 15) is 9.59 Å². The minimum absolute atomic E-state index is 0.0625. The largest absolute Gasteiger partial charge is 0.497 e. The number of ether oxygens (including phenoxy) is 1. The Hall–Kier alpha value is -2.04. The summed E-state index contributed by atoms with van der Waals surface area (Å²) in [5.74, 6) is -0.548. The molecule has 1 aromatic rings. The highest BCUT2D eigenvalue weighted by atomic mass is 16.5. The van der Waals surface area contributed by atoms with Gasteiger partial charge in [-0.05, 0) is 36.0 Å². The normalized spacial score (nSPS) is 13.5. The molecule has 0 saturated heterocycles. The number of carboxylic acids is 1. The van der Waals surface area contributed by atoms with Crippen LogP contribution < -0.4 is 10.1 Å². The zero-order valence-corrected chi connectivity index (χ0v) is 13.6. The van der Waals surface area contributed by atoms with Gasteiger partial charge in [-0.3, -0.25) is 4.79 Å². The Morgan fingerprint density at radius 2 is 1.82 bits per heavy atom. The summed E-state index contributed by atoms with van der Waals surface area (Å²) in [6.07, 6.45) is 1.08. The SMILES string of the molecule is CCC(CC(=O)NC(C(=O)O)C(C)C)c1ccc(OC)cc1. The number of carbonyl (C=O) groups excluding carboxylic acids is 1. The van der Waals surface area contributed by atoms with Gasteiger partial charge in [-0.15, -0.1) is 0 Å². The molecule has 5 nitrogen and oxygen atoms in total. The van der Waals surface area contributed by atoms with E-state index in [1.807, 2.05) is 31.2 Å². The van der Waals surface area contributed by atoms with Crippen LogP contribution in [0, 0.1) is 5.92 Å². The van der Waals surface area contributed by atoms with Crippen LogP contribution in [0.4, 0.5) is 0 Å². The zero-order valence-electron chi connectivity index (χ0n) is 13.6. The van der Waals surface area contributed by atoms with Gasteiger partial charge in [0, 0.05) is 6.42 Å². The molecule has 22 heavy (non-hydrogen) atoms. The third-order valence-corrected chi connectivity index (χ3v) is 3.76. The topological polar surface area (TPSA) is 75.6 Å². The molecule has 0 aromatic heterocycles. The van der Waals surface area contributed by atoms with Crippen LogP contribution in [0.5, 0.6) is 5.75 Å². The average molecular weight is 307 g/mol. The Kier molecular flexibility index (Phi) is 6.89. The fraction of sp³-hybridized carbons (Fsp3) is 0.529. The molecule has 5 heteroatoms. The molecule has 1 amide bonds. The molecule has 0 radical (unpaired) electrons. The average Bonchev–Trinajstić information content (AvgIpc) is 2.49. The van der Waals surface area contributed by atoms with Gasteiger partial charge in [-0.25, -0.2) is 4.79 Å². The highest BCUT2D eigenvalue weighted by Gasteiger charge is 2.24. The lowest BCUT2D eigenvalue weighted by molar-refractivity contribution is -0.143. The number of nitrogens with one attached hydrogen (secondary N) is 1. The number of hydrogen-bond acceptors (Lipinski definition) is 3. The van der Waals surface area contributed by atoms with Gasteiger partial charge >= 0.3 is 5.97 Å². The maximum Gasteiger partial charge on any atom is 0.326 e. The molecule has 122 valence electrons. The third-order valence-electron chi connectivity index (χ3n) is 3.76. The minimum Gasteiger partial charge on any atom is -0.497 e. The van der Waals surface area contributed by atoms with E-state index in [4.69, 9.17) is 9.84 Å². The van der Waals surface area contributed by atoms with E-state index in [2.05, 4.69) is 5.32 Å². The monoisotopic (exact) mass is 307 g/mol. The van der Waals surface area contributed by atoms with E-state index < -0.39 is 12.0 Å². The van der Waals surface area contributed by atoms with Gasteiger partial charge in [0.2, 0.25) is 5.91 Å². The van der Waals surface area contributed by atoms with Crippen molar-refractivity contribution in [2.75, 3.05) is 7.11 Å². The third kappa shape index (κ3) is 5.06. The van der Waals surface area contributed by atoms with E-state index in [0.29, 0.717) is 0 Å². The van der Waals surface area contributed by atoms with Gasteiger partial charge in [0.05, 0.1) is 7.11 Å². The molecule has 0 aliphatic heterocycles. The quantitative estimate of drug-likeness (QED) is 0.774. The molecule has 0 spiro atoms. The molecule has 0 heterocycles. The highest BCUT2D eigenvalue weighted by Crippen LogP contribution is 2.25. The van der Waals surface area contributed by atoms with Gasteiger partial charge in [0.1, 0.15) is 11.8 Å². The summed E-state index contributed by atoms with van der Waals surface area (Å²) >= 11 is 0. The number of hydrogen-bond donors (Lipinski definition) is 2. The zero-order chi connectivity index (χ0) is 16.7. The second-order valence-electron chi connectivity index (χ2n) is 5.71. The van der Waals surface area contributed by atoms with Crippen molar-refractivity contribution in [1.82, 2.24) is 5.32 Å². The van der Waals surface area contributed by atoms with Gasteiger partial charge in [0.25, 0.3) is 0 Å². The van der Waals surface area contributed by atoms with Crippen molar-refractivity contribution in [2.45, 2.75) is 45.6 Å². The first-order valence-corrected chi connectivity index (χ1v) is 7.55. The van der Waals surface area contributed by atoms with Crippen molar-refractivity contribution in [3.63, 3.8) is 0 Å². The Labute approximate surface area is 131 Å². The molecule has 0 bridgehead atoms. The molecule has 0 saturated carbocycles. The number of rotatable bonds is 8. The molecule has 2 unspecified atom stereocenters.